The summed E-state index contributed by atoms with van der Waals surface area (Å²) < 4.78 is 0. The van der Waals surface area contributed by atoms with E-state index in [9.17, 15) is 14.7 Å². The monoisotopic (exact) mass is 669 g/mol. The lowest BCUT2D eigenvalue weighted by atomic mass is 9.32. The largest absolute Gasteiger partial charge is 0.393 e. The molecule has 9 atom stereocenters. The number of hydrogen-bond donors (Lipinski definition) is 3. The van der Waals surface area contributed by atoms with Crippen molar-refractivity contribution in [1.82, 2.24) is 15.6 Å². The second-order valence-electron chi connectivity index (χ2n) is 17.9. The molecule has 8 unspecified atom stereocenters. The molecule has 1 aromatic carbocycles. The van der Waals surface area contributed by atoms with E-state index < -0.39 is 0 Å². The maximum atomic E-state index is 14.4. The van der Waals surface area contributed by atoms with E-state index in [1.165, 1.54) is 25.7 Å². The molecule has 49 heavy (non-hydrogen) atoms. The van der Waals surface area contributed by atoms with Crippen molar-refractivity contribution in [2.45, 2.75) is 132 Å². The molecule has 6 heteroatoms. The number of aliphatic hydroxyl groups is 1. The summed E-state index contributed by atoms with van der Waals surface area (Å²) in [6.07, 6.45) is 13.2. The predicted molar refractivity (Wildman–Crippen MR) is 197 cm³/mol. The second-order valence-corrected chi connectivity index (χ2v) is 17.9. The Hall–Kier alpha value is -2.73. The fourth-order valence-electron chi connectivity index (χ4n) is 12.7. The summed E-state index contributed by atoms with van der Waals surface area (Å²) in [5, 5.41) is 17.4. The van der Waals surface area contributed by atoms with Gasteiger partial charge in [0, 0.05) is 18.3 Å². The zero-order valence-corrected chi connectivity index (χ0v) is 31.4. The highest BCUT2D eigenvalue weighted by Crippen LogP contribution is 2.75. The third kappa shape index (κ3) is 5.96. The first-order valence-corrected chi connectivity index (χ1v) is 19.5. The van der Waals surface area contributed by atoms with Gasteiger partial charge in [0.2, 0.25) is 5.91 Å². The van der Waals surface area contributed by atoms with Crippen LogP contribution in [-0.4, -0.2) is 34.6 Å². The third-order valence-electron chi connectivity index (χ3n) is 15.7. The molecule has 0 aliphatic heterocycles. The Morgan fingerprint density at radius 2 is 1.67 bits per heavy atom. The summed E-state index contributed by atoms with van der Waals surface area (Å²) in [4.78, 5) is 31.5. The summed E-state index contributed by atoms with van der Waals surface area (Å²) in [5.41, 5.74) is 2.85. The number of aliphatic hydroxyl groups excluding tert-OH is 1. The van der Waals surface area contributed by atoms with E-state index in [-0.39, 0.29) is 45.0 Å². The maximum Gasteiger partial charge on any atom is 0.251 e. The lowest BCUT2D eigenvalue weighted by molar-refractivity contribution is -0.246. The van der Waals surface area contributed by atoms with Crippen LogP contribution in [0.15, 0.2) is 48.7 Å². The van der Waals surface area contributed by atoms with Crippen molar-refractivity contribution in [2.75, 3.05) is 6.54 Å². The SMILES string of the molecule is CCCC1(C(=O)NCCc2cccc(C(=O)NCc3ccccn3)c2)CC[C@]2(C)C(CCC3C4(C)CCC(O)C(C)(C)C4CCC32C)C1C. The zero-order valence-electron chi connectivity index (χ0n) is 31.4. The molecular formula is C43H63N3O3. The smallest absolute Gasteiger partial charge is 0.251 e. The van der Waals surface area contributed by atoms with Gasteiger partial charge in [0.25, 0.3) is 5.91 Å². The molecule has 4 fully saturated rings. The van der Waals surface area contributed by atoms with Gasteiger partial charge < -0.3 is 15.7 Å². The van der Waals surface area contributed by atoms with E-state index in [4.69, 9.17) is 0 Å². The van der Waals surface area contributed by atoms with Gasteiger partial charge in [-0.15, -0.1) is 0 Å². The van der Waals surface area contributed by atoms with Crippen molar-refractivity contribution >= 4 is 11.8 Å². The van der Waals surface area contributed by atoms with E-state index in [2.05, 4.69) is 64.1 Å². The third-order valence-corrected chi connectivity index (χ3v) is 15.7. The molecule has 268 valence electrons. The Balaban J connectivity index is 1.13. The van der Waals surface area contributed by atoms with E-state index >= 15 is 0 Å². The Bertz CT molecular complexity index is 1510. The highest BCUT2D eigenvalue weighted by Gasteiger charge is 2.69. The Morgan fingerprint density at radius 1 is 0.878 bits per heavy atom. The molecule has 1 aromatic heterocycles. The van der Waals surface area contributed by atoms with Crippen molar-refractivity contribution in [3.63, 3.8) is 0 Å². The molecule has 6 rings (SSSR count). The van der Waals surface area contributed by atoms with Gasteiger partial charge in [0.15, 0.2) is 0 Å². The van der Waals surface area contributed by atoms with E-state index in [0.29, 0.717) is 48.7 Å². The fraction of sp³-hybridized carbons (Fsp3) is 0.698. The molecule has 6 nitrogen and oxygen atoms in total. The topological polar surface area (TPSA) is 91.3 Å². The number of rotatable bonds is 9. The van der Waals surface area contributed by atoms with Gasteiger partial charge in [-0.3, -0.25) is 14.6 Å². The minimum Gasteiger partial charge on any atom is -0.393 e. The number of carbonyl (C=O) groups is 2. The summed E-state index contributed by atoms with van der Waals surface area (Å²) in [6.45, 7) is 18.1. The van der Waals surface area contributed by atoms with Crippen LogP contribution in [-0.2, 0) is 17.8 Å². The molecular weight excluding hydrogens is 606 g/mol. The molecule has 0 spiro atoms. The van der Waals surface area contributed by atoms with Gasteiger partial charge in [-0.05, 0) is 139 Å². The maximum absolute atomic E-state index is 14.4. The van der Waals surface area contributed by atoms with E-state index in [0.717, 1.165) is 49.8 Å². The summed E-state index contributed by atoms with van der Waals surface area (Å²) in [6, 6.07) is 13.4. The Labute approximate surface area is 296 Å². The molecule has 3 N–H and O–H groups in total. The van der Waals surface area contributed by atoms with Crippen LogP contribution in [0.3, 0.4) is 0 Å². The normalized spacial score (nSPS) is 38.0. The molecule has 4 saturated carbocycles. The molecule has 0 saturated heterocycles. The molecule has 0 radical (unpaired) electrons. The number of carbonyl (C=O) groups excluding carboxylic acids is 2. The Morgan fingerprint density at radius 3 is 2.41 bits per heavy atom. The number of aromatic nitrogens is 1. The number of benzene rings is 1. The van der Waals surface area contributed by atoms with Gasteiger partial charge in [0.05, 0.1) is 23.8 Å². The highest BCUT2D eigenvalue weighted by atomic mass is 16.3. The van der Waals surface area contributed by atoms with Crippen LogP contribution < -0.4 is 10.6 Å². The first kappa shape index (κ1) is 36.1. The number of fused-ring (bicyclic) bond motifs is 5. The van der Waals surface area contributed by atoms with Gasteiger partial charge in [-0.25, -0.2) is 0 Å². The number of pyridine rings is 1. The van der Waals surface area contributed by atoms with Gasteiger partial charge in [0.1, 0.15) is 0 Å². The minimum absolute atomic E-state index is 0.0336. The van der Waals surface area contributed by atoms with Gasteiger partial charge in [-0.1, -0.05) is 73.1 Å². The lowest BCUT2D eigenvalue weighted by Gasteiger charge is -2.72. The van der Waals surface area contributed by atoms with Crippen molar-refractivity contribution in [3.05, 3.63) is 65.5 Å². The molecule has 1 heterocycles. The van der Waals surface area contributed by atoms with Crippen LogP contribution in [0.1, 0.15) is 134 Å². The Kier molecular flexibility index (Phi) is 9.89. The fourth-order valence-corrected chi connectivity index (χ4v) is 12.7. The van der Waals surface area contributed by atoms with Crippen molar-refractivity contribution in [3.8, 4) is 0 Å². The highest BCUT2D eigenvalue weighted by molar-refractivity contribution is 5.94. The number of nitrogens with zero attached hydrogens (tertiary/aromatic N) is 1. The first-order valence-electron chi connectivity index (χ1n) is 19.5. The van der Waals surface area contributed by atoms with Crippen LogP contribution in [0, 0.1) is 50.7 Å². The van der Waals surface area contributed by atoms with Crippen LogP contribution >= 0.6 is 0 Å². The molecule has 4 aliphatic carbocycles. The van der Waals surface area contributed by atoms with Crippen LogP contribution in [0.4, 0.5) is 0 Å². The number of hydrogen-bond acceptors (Lipinski definition) is 4. The van der Waals surface area contributed by atoms with Crippen LogP contribution in [0.25, 0.3) is 0 Å². The molecule has 0 bridgehead atoms. The summed E-state index contributed by atoms with van der Waals surface area (Å²) in [7, 11) is 0. The first-order chi connectivity index (χ1) is 23.2. The number of amides is 2. The van der Waals surface area contributed by atoms with Gasteiger partial charge in [-0.2, -0.15) is 0 Å². The predicted octanol–water partition coefficient (Wildman–Crippen LogP) is 8.52. The molecule has 4 aliphatic rings. The van der Waals surface area contributed by atoms with Crippen molar-refractivity contribution in [1.29, 1.82) is 0 Å². The van der Waals surface area contributed by atoms with Crippen molar-refractivity contribution in [2.24, 2.45) is 50.7 Å². The van der Waals surface area contributed by atoms with Crippen molar-refractivity contribution < 1.29 is 14.7 Å². The standard InChI is InChI=1S/C43H63N3O3/c1-8-20-43(38(49)45-26-19-30-12-11-13-31(27-30)37(48)46-28-32-14-9-10-25-44-32)24-23-41(6)33(29(43)2)15-16-35-40(5)21-18-36(47)39(3,4)34(40)17-22-42(35,41)7/h9-14,25,27,29,33-36,47H,8,15-24,26,28H2,1-7H3,(H,45,49)(H,46,48)/t29?,33?,34?,35?,36?,40?,41-,42?,43?/m1/s1. The van der Waals surface area contributed by atoms with E-state index in [1.54, 1.807) is 6.20 Å². The molecule has 2 amide bonds. The minimum atomic E-state index is -0.340. The lowest BCUT2D eigenvalue weighted by Crippen LogP contribution is -2.67. The number of nitrogens with one attached hydrogen (secondary N) is 2. The quantitative estimate of drug-likeness (QED) is 0.250. The van der Waals surface area contributed by atoms with Crippen LogP contribution in [0.5, 0.6) is 0 Å². The molecule has 2 aromatic rings. The zero-order chi connectivity index (χ0) is 35.2. The average molecular weight is 670 g/mol. The summed E-state index contributed by atoms with van der Waals surface area (Å²) in [5.74, 6) is 2.20. The summed E-state index contributed by atoms with van der Waals surface area (Å²) >= 11 is 0. The van der Waals surface area contributed by atoms with Crippen LogP contribution in [0.2, 0.25) is 0 Å². The van der Waals surface area contributed by atoms with E-state index in [1.807, 2.05) is 42.5 Å². The average Bonchev–Trinajstić information content (AvgIpc) is 3.08. The second kappa shape index (κ2) is 13.4. The van der Waals surface area contributed by atoms with Gasteiger partial charge >= 0.3 is 0 Å².